The zero-order valence-corrected chi connectivity index (χ0v) is 10.5. The fraction of sp³-hybridized carbons (Fsp3) is 0.385. The lowest BCUT2D eigenvalue weighted by atomic mass is 9.88. The van der Waals surface area contributed by atoms with Crippen LogP contribution < -0.4 is 10.6 Å². The molecule has 1 amide bonds. The molecular weight excluding hydrogens is 251 g/mol. The molecule has 0 spiro atoms. The van der Waals surface area contributed by atoms with Gasteiger partial charge in [-0.3, -0.25) is 4.79 Å². The van der Waals surface area contributed by atoms with Crippen LogP contribution in [-0.2, 0) is 4.79 Å². The number of rotatable bonds is 3. The van der Waals surface area contributed by atoms with E-state index in [1.165, 1.54) is 6.07 Å². The van der Waals surface area contributed by atoms with Crippen LogP contribution in [0.25, 0.3) is 0 Å². The lowest BCUT2D eigenvalue weighted by Gasteiger charge is -2.22. The van der Waals surface area contributed by atoms with E-state index in [1.54, 1.807) is 0 Å². The Morgan fingerprint density at radius 3 is 2.79 bits per heavy atom. The van der Waals surface area contributed by atoms with Gasteiger partial charge in [-0.25, -0.2) is 9.18 Å². The van der Waals surface area contributed by atoms with E-state index in [1.807, 2.05) is 6.92 Å². The van der Waals surface area contributed by atoms with E-state index in [0.717, 1.165) is 18.7 Å². The molecule has 0 aromatic heterocycles. The molecule has 1 aromatic rings. The molecule has 102 valence electrons. The molecule has 1 heterocycles. The molecule has 0 bridgehead atoms. The first-order valence-electron chi connectivity index (χ1n) is 5.97. The zero-order chi connectivity index (χ0) is 14.0. The van der Waals surface area contributed by atoms with E-state index < -0.39 is 17.2 Å². The third-order valence-corrected chi connectivity index (χ3v) is 3.38. The maximum absolute atomic E-state index is 13.0. The highest BCUT2D eigenvalue weighted by molar-refractivity contribution is 6.02. The standard InChI is InChI=1S/C13H15FN2O3/c1-13(4-5-15-7-13)12(19)16-10-3-2-8(14)6-9(10)11(17)18/h2-3,6,15H,4-5,7H2,1H3,(H,16,19)(H,17,18). The topological polar surface area (TPSA) is 78.4 Å². The van der Waals surface area contributed by atoms with Gasteiger partial charge in [0.05, 0.1) is 16.7 Å². The van der Waals surface area contributed by atoms with E-state index in [4.69, 9.17) is 5.11 Å². The van der Waals surface area contributed by atoms with Gasteiger partial charge < -0.3 is 15.7 Å². The number of aromatic carboxylic acids is 1. The molecule has 1 atom stereocenters. The molecule has 3 N–H and O–H groups in total. The van der Waals surface area contributed by atoms with Gasteiger partial charge in [0.25, 0.3) is 0 Å². The Bertz CT molecular complexity index is 525. The average molecular weight is 266 g/mol. The van der Waals surface area contributed by atoms with Crippen LogP contribution in [0.5, 0.6) is 0 Å². The Labute approximate surface area is 109 Å². The number of carboxylic acid groups (broad SMARTS) is 1. The summed E-state index contributed by atoms with van der Waals surface area (Å²) in [6.45, 7) is 3.11. The highest BCUT2D eigenvalue weighted by Crippen LogP contribution is 2.27. The number of carbonyl (C=O) groups excluding carboxylic acids is 1. The van der Waals surface area contributed by atoms with Crippen LogP contribution in [0.2, 0.25) is 0 Å². The summed E-state index contributed by atoms with van der Waals surface area (Å²) in [6.07, 6.45) is 0.683. The molecule has 1 fully saturated rings. The van der Waals surface area contributed by atoms with Gasteiger partial charge in [-0.1, -0.05) is 0 Å². The van der Waals surface area contributed by atoms with Crippen molar-refractivity contribution in [2.45, 2.75) is 13.3 Å². The summed E-state index contributed by atoms with van der Waals surface area (Å²) in [4.78, 5) is 23.2. The summed E-state index contributed by atoms with van der Waals surface area (Å²) in [5.74, 6) is -2.18. The van der Waals surface area contributed by atoms with Gasteiger partial charge in [0, 0.05) is 6.54 Å². The summed E-state index contributed by atoms with van der Waals surface area (Å²) in [5, 5.41) is 14.7. The highest BCUT2D eigenvalue weighted by atomic mass is 19.1. The van der Waals surface area contributed by atoms with Gasteiger partial charge >= 0.3 is 5.97 Å². The highest BCUT2D eigenvalue weighted by Gasteiger charge is 2.36. The molecule has 1 aliphatic heterocycles. The predicted octanol–water partition coefficient (Wildman–Crippen LogP) is 1.46. The lowest BCUT2D eigenvalue weighted by molar-refractivity contribution is -0.123. The largest absolute Gasteiger partial charge is 0.478 e. The van der Waals surface area contributed by atoms with Crippen molar-refractivity contribution >= 4 is 17.6 Å². The van der Waals surface area contributed by atoms with Gasteiger partial charge in [-0.15, -0.1) is 0 Å². The maximum atomic E-state index is 13.0. The van der Waals surface area contributed by atoms with Crippen molar-refractivity contribution in [1.29, 1.82) is 0 Å². The predicted molar refractivity (Wildman–Crippen MR) is 67.6 cm³/mol. The minimum absolute atomic E-state index is 0.118. The van der Waals surface area contributed by atoms with Crippen LogP contribution in [0.3, 0.4) is 0 Å². The fourth-order valence-corrected chi connectivity index (χ4v) is 2.09. The first kappa shape index (κ1) is 13.5. The van der Waals surface area contributed by atoms with Crippen molar-refractivity contribution in [2.75, 3.05) is 18.4 Å². The van der Waals surface area contributed by atoms with Crippen molar-refractivity contribution in [2.24, 2.45) is 5.41 Å². The van der Waals surface area contributed by atoms with Crippen molar-refractivity contribution in [3.8, 4) is 0 Å². The molecule has 1 aliphatic rings. The number of carboxylic acids is 1. The Morgan fingerprint density at radius 1 is 1.47 bits per heavy atom. The molecule has 1 saturated heterocycles. The van der Waals surface area contributed by atoms with Crippen LogP contribution in [0.4, 0.5) is 10.1 Å². The summed E-state index contributed by atoms with van der Waals surface area (Å²) in [6, 6.07) is 3.28. The third-order valence-electron chi connectivity index (χ3n) is 3.38. The molecule has 6 heteroatoms. The molecule has 1 aromatic carbocycles. The molecule has 19 heavy (non-hydrogen) atoms. The molecule has 0 radical (unpaired) electrons. The number of nitrogens with one attached hydrogen (secondary N) is 2. The number of hydrogen-bond acceptors (Lipinski definition) is 3. The molecule has 5 nitrogen and oxygen atoms in total. The van der Waals surface area contributed by atoms with Crippen molar-refractivity contribution in [1.82, 2.24) is 5.32 Å². The quantitative estimate of drug-likeness (QED) is 0.774. The lowest BCUT2D eigenvalue weighted by Crippen LogP contribution is -2.35. The van der Waals surface area contributed by atoms with Gasteiger partial charge in [0.1, 0.15) is 5.82 Å². The number of carbonyl (C=O) groups is 2. The first-order chi connectivity index (χ1) is 8.92. The van der Waals surface area contributed by atoms with E-state index in [9.17, 15) is 14.0 Å². The molecule has 2 rings (SSSR count). The Kier molecular flexibility index (Phi) is 3.53. The number of hydrogen-bond donors (Lipinski definition) is 3. The van der Waals surface area contributed by atoms with Crippen LogP contribution in [0.1, 0.15) is 23.7 Å². The normalized spacial score (nSPS) is 22.2. The van der Waals surface area contributed by atoms with Crippen molar-refractivity contribution < 1.29 is 19.1 Å². The smallest absolute Gasteiger partial charge is 0.337 e. The third kappa shape index (κ3) is 2.73. The van der Waals surface area contributed by atoms with Crippen LogP contribution >= 0.6 is 0 Å². The number of halogens is 1. The number of anilines is 1. The summed E-state index contributed by atoms with van der Waals surface area (Å²) >= 11 is 0. The van der Waals surface area contributed by atoms with Gasteiger partial charge in [0.15, 0.2) is 0 Å². The first-order valence-corrected chi connectivity index (χ1v) is 5.97. The Balaban J connectivity index is 2.23. The van der Waals surface area contributed by atoms with Gasteiger partial charge in [-0.2, -0.15) is 0 Å². The van der Waals surface area contributed by atoms with E-state index in [-0.39, 0.29) is 17.2 Å². The Hall–Kier alpha value is -1.95. The van der Waals surface area contributed by atoms with Gasteiger partial charge in [0.2, 0.25) is 5.91 Å². The van der Waals surface area contributed by atoms with E-state index in [0.29, 0.717) is 13.0 Å². The fourth-order valence-electron chi connectivity index (χ4n) is 2.09. The van der Waals surface area contributed by atoms with Crippen molar-refractivity contribution in [3.63, 3.8) is 0 Å². The average Bonchev–Trinajstić information content (AvgIpc) is 2.79. The number of benzene rings is 1. The molecule has 0 saturated carbocycles. The number of amides is 1. The van der Waals surface area contributed by atoms with Crippen LogP contribution in [-0.4, -0.2) is 30.1 Å². The molecule has 1 unspecified atom stereocenters. The van der Waals surface area contributed by atoms with Crippen LogP contribution in [0.15, 0.2) is 18.2 Å². The summed E-state index contributed by atoms with van der Waals surface area (Å²) < 4.78 is 13.0. The van der Waals surface area contributed by atoms with Gasteiger partial charge in [-0.05, 0) is 38.1 Å². The second-order valence-corrected chi connectivity index (χ2v) is 4.94. The summed E-state index contributed by atoms with van der Waals surface area (Å²) in [5.41, 5.74) is -0.695. The monoisotopic (exact) mass is 266 g/mol. The minimum atomic E-state index is -1.27. The summed E-state index contributed by atoms with van der Waals surface area (Å²) in [7, 11) is 0. The molecule has 0 aliphatic carbocycles. The SMILES string of the molecule is CC1(C(=O)Nc2ccc(F)cc2C(=O)O)CCNC1. The van der Waals surface area contributed by atoms with Crippen molar-refractivity contribution in [3.05, 3.63) is 29.6 Å². The van der Waals surface area contributed by atoms with E-state index >= 15 is 0 Å². The zero-order valence-electron chi connectivity index (χ0n) is 10.5. The Morgan fingerprint density at radius 2 is 2.21 bits per heavy atom. The second-order valence-electron chi connectivity index (χ2n) is 4.94. The minimum Gasteiger partial charge on any atom is -0.478 e. The maximum Gasteiger partial charge on any atom is 0.337 e. The molecular formula is C13H15FN2O3. The van der Waals surface area contributed by atoms with Crippen LogP contribution in [0, 0.1) is 11.2 Å². The van der Waals surface area contributed by atoms with E-state index in [2.05, 4.69) is 10.6 Å². The second kappa shape index (κ2) is 4.97.